The fraction of sp³-hybridized carbons (Fsp3) is 0.385. The van der Waals surface area contributed by atoms with E-state index in [9.17, 15) is 9.59 Å². The SMILES string of the molecule is COc1cc2c3c(c1)CCC(=O)N3C(=O)CC2. The molecule has 0 aromatic heterocycles. The molecule has 0 unspecified atom stereocenters. The smallest absolute Gasteiger partial charge is 0.234 e. The quantitative estimate of drug-likeness (QED) is 0.687. The highest BCUT2D eigenvalue weighted by molar-refractivity contribution is 6.18. The van der Waals surface area contributed by atoms with Crippen molar-refractivity contribution >= 4 is 17.5 Å². The first kappa shape index (κ1) is 10.3. The summed E-state index contributed by atoms with van der Waals surface area (Å²) in [6.45, 7) is 0. The first-order valence-corrected chi connectivity index (χ1v) is 5.76. The van der Waals surface area contributed by atoms with Crippen molar-refractivity contribution in [3.05, 3.63) is 23.3 Å². The molecule has 0 N–H and O–H groups in total. The number of amides is 2. The molecule has 2 heterocycles. The molecule has 3 rings (SSSR count). The second-order valence-corrected chi connectivity index (χ2v) is 4.42. The van der Waals surface area contributed by atoms with Gasteiger partial charge in [-0.1, -0.05) is 0 Å². The molecule has 2 amide bonds. The van der Waals surface area contributed by atoms with Gasteiger partial charge >= 0.3 is 0 Å². The molecule has 0 atom stereocenters. The van der Waals surface area contributed by atoms with Crippen molar-refractivity contribution in [1.82, 2.24) is 0 Å². The molecule has 2 aliphatic heterocycles. The Morgan fingerprint density at radius 1 is 1.00 bits per heavy atom. The topological polar surface area (TPSA) is 46.6 Å². The summed E-state index contributed by atoms with van der Waals surface area (Å²) < 4.78 is 5.25. The van der Waals surface area contributed by atoms with E-state index in [4.69, 9.17) is 4.74 Å². The molecule has 4 heteroatoms. The highest BCUT2D eigenvalue weighted by atomic mass is 16.5. The number of hydrogen-bond donors (Lipinski definition) is 0. The molecule has 1 aromatic carbocycles. The van der Waals surface area contributed by atoms with E-state index in [0.29, 0.717) is 25.7 Å². The number of ether oxygens (including phenoxy) is 1. The molecule has 0 aliphatic carbocycles. The van der Waals surface area contributed by atoms with E-state index < -0.39 is 0 Å². The number of imide groups is 1. The van der Waals surface area contributed by atoms with Crippen molar-refractivity contribution in [2.75, 3.05) is 12.0 Å². The number of rotatable bonds is 1. The van der Waals surface area contributed by atoms with Gasteiger partial charge in [0.15, 0.2) is 0 Å². The van der Waals surface area contributed by atoms with Crippen molar-refractivity contribution in [2.24, 2.45) is 0 Å². The average Bonchev–Trinajstić information content (AvgIpc) is 2.35. The summed E-state index contributed by atoms with van der Waals surface area (Å²) in [6.07, 6.45) is 2.21. The molecule has 17 heavy (non-hydrogen) atoms. The molecule has 0 saturated carbocycles. The van der Waals surface area contributed by atoms with Crippen LogP contribution in [-0.4, -0.2) is 18.9 Å². The number of aryl methyl sites for hydroxylation is 2. The first-order chi connectivity index (χ1) is 8.20. The summed E-state index contributed by atoms with van der Waals surface area (Å²) >= 11 is 0. The summed E-state index contributed by atoms with van der Waals surface area (Å²) in [5.41, 5.74) is 2.91. The van der Waals surface area contributed by atoms with Crippen LogP contribution in [0.4, 0.5) is 5.69 Å². The zero-order valence-corrected chi connectivity index (χ0v) is 9.66. The molecule has 2 aliphatic rings. The summed E-state index contributed by atoms with van der Waals surface area (Å²) in [4.78, 5) is 25.0. The molecule has 1 aromatic rings. The molecule has 0 saturated heterocycles. The Bertz CT molecular complexity index is 480. The van der Waals surface area contributed by atoms with Gasteiger partial charge in [0.05, 0.1) is 12.8 Å². The van der Waals surface area contributed by atoms with Gasteiger partial charge in [0.1, 0.15) is 5.75 Å². The van der Waals surface area contributed by atoms with Gasteiger partial charge in [0, 0.05) is 12.8 Å². The van der Waals surface area contributed by atoms with Crippen molar-refractivity contribution in [3.63, 3.8) is 0 Å². The van der Waals surface area contributed by atoms with Crippen LogP contribution in [-0.2, 0) is 22.4 Å². The third-order valence-corrected chi connectivity index (χ3v) is 3.42. The van der Waals surface area contributed by atoms with E-state index in [2.05, 4.69) is 0 Å². The molecule has 4 nitrogen and oxygen atoms in total. The Morgan fingerprint density at radius 2 is 1.53 bits per heavy atom. The molecule has 0 bridgehead atoms. The number of anilines is 1. The minimum absolute atomic E-state index is 0.0754. The fourth-order valence-corrected chi connectivity index (χ4v) is 2.61. The minimum Gasteiger partial charge on any atom is -0.497 e. The second-order valence-electron chi connectivity index (χ2n) is 4.42. The van der Waals surface area contributed by atoms with Crippen LogP contribution in [0, 0.1) is 0 Å². The maximum absolute atomic E-state index is 11.8. The highest BCUT2D eigenvalue weighted by Crippen LogP contribution is 2.38. The van der Waals surface area contributed by atoms with Gasteiger partial charge in [0.25, 0.3) is 0 Å². The van der Waals surface area contributed by atoms with Gasteiger partial charge in [-0.2, -0.15) is 0 Å². The largest absolute Gasteiger partial charge is 0.497 e. The van der Waals surface area contributed by atoms with Crippen LogP contribution in [0.5, 0.6) is 5.75 Å². The number of benzene rings is 1. The Kier molecular flexibility index (Phi) is 2.18. The number of nitrogens with zero attached hydrogens (tertiary/aromatic N) is 1. The Labute approximate surface area is 99.2 Å². The van der Waals surface area contributed by atoms with Crippen molar-refractivity contribution in [3.8, 4) is 5.75 Å². The van der Waals surface area contributed by atoms with Gasteiger partial charge in [-0.25, -0.2) is 4.90 Å². The molecular weight excluding hydrogens is 218 g/mol. The Morgan fingerprint density at radius 3 is 2.00 bits per heavy atom. The monoisotopic (exact) mass is 231 g/mol. The second kappa shape index (κ2) is 3.58. The van der Waals surface area contributed by atoms with Crippen molar-refractivity contribution in [1.29, 1.82) is 0 Å². The van der Waals surface area contributed by atoms with Gasteiger partial charge in [-0.05, 0) is 36.1 Å². The molecule has 0 spiro atoms. The number of methoxy groups -OCH3 is 1. The van der Waals surface area contributed by atoms with Crippen LogP contribution in [0.1, 0.15) is 24.0 Å². The lowest BCUT2D eigenvalue weighted by atomic mass is 9.91. The van der Waals surface area contributed by atoms with E-state index in [1.165, 1.54) is 4.90 Å². The van der Waals surface area contributed by atoms with Crippen LogP contribution in [0.2, 0.25) is 0 Å². The minimum atomic E-state index is -0.0754. The molecule has 88 valence electrons. The highest BCUT2D eigenvalue weighted by Gasteiger charge is 2.34. The molecule has 0 radical (unpaired) electrons. The van der Waals surface area contributed by atoms with Gasteiger partial charge < -0.3 is 4.74 Å². The number of carbonyl (C=O) groups excluding carboxylic acids is 2. The summed E-state index contributed by atoms with van der Waals surface area (Å²) in [5.74, 6) is 0.657. The van der Waals surface area contributed by atoms with Crippen molar-refractivity contribution in [2.45, 2.75) is 25.7 Å². The first-order valence-electron chi connectivity index (χ1n) is 5.76. The standard InChI is InChI=1S/C13H13NO3/c1-17-10-6-8-2-4-11(15)14-12(16)5-3-9(7-10)13(8)14/h6-7H,2-5H2,1H3. The third kappa shape index (κ3) is 1.44. The zero-order chi connectivity index (χ0) is 12.0. The van der Waals surface area contributed by atoms with Crippen LogP contribution in [0.3, 0.4) is 0 Å². The van der Waals surface area contributed by atoms with Crippen molar-refractivity contribution < 1.29 is 14.3 Å². The predicted octanol–water partition coefficient (Wildman–Crippen LogP) is 1.45. The van der Waals surface area contributed by atoms with Crippen LogP contribution in [0.25, 0.3) is 0 Å². The van der Waals surface area contributed by atoms with Crippen LogP contribution < -0.4 is 9.64 Å². The van der Waals surface area contributed by atoms with Gasteiger partial charge in [0.2, 0.25) is 11.8 Å². The summed E-state index contributed by atoms with van der Waals surface area (Å²) in [7, 11) is 1.63. The van der Waals surface area contributed by atoms with E-state index in [1.807, 2.05) is 12.1 Å². The predicted molar refractivity (Wildman–Crippen MR) is 62.1 cm³/mol. The normalized spacial score (nSPS) is 18.1. The van der Waals surface area contributed by atoms with E-state index in [0.717, 1.165) is 22.6 Å². The lowest BCUT2D eigenvalue weighted by Gasteiger charge is -2.33. The zero-order valence-electron chi connectivity index (χ0n) is 9.66. The maximum atomic E-state index is 11.8. The molecule has 0 fully saturated rings. The Hall–Kier alpha value is -1.84. The fourth-order valence-electron chi connectivity index (χ4n) is 2.61. The van der Waals surface area contributed by atoms with Gasteiger partial charge in [-0.3, -0.25) is 9.59 Å². The van der Waals surface area contributed by atoms with Gasteiger partial charge in [-0.15, -0.1) is 0 Å². The van der Waals surface area contributed by atoms with Crippen LogP contribution >= 0.6 is 0 Å². The maximum Gasteiger partial charge on any atom is 0.234 e. The molecular formula is C13H13NO3. The third-order valence-electron chi connectivity index (χ3n) is 3.42. The number of carbonyl (C=O) groups is 2. The van der Waals surface area contributed by atoms with E-state index in [-0.39, 0.29) is 11.8 Å². The van der Waals surface area contributed by atoms with E-state index >= 15 is 0 Å². The Balaban J connectivity index is 2.22. The van der Waals surface area contributed by atoms with Crippen LogP contribution in [0.15, 0.2) is 12.1 Å². The number of hydrogen-bond acceptors (Lipinski definition) is 3. The van der Waals surface area contributed by atoms with E-state index in [1.54, 1.807) is 7.11 Å². The lowest BCUT2D eigenvalue weighted by Crippen LogP contribution is -2.43. The summed E-state index contributed by atoms with van der Waals surface area (Å²) in [5, 5.41) is 0. The average molecular weight is 231 g/mol. The summed E-state index contributed by atoms with van der Waals surface area (Å²) in [6, 6.07) is 3.85. The lowest BCUT2D eigenvalue weighted by molar-refractivity contribution is -0.127.